The summed E-state index contributed by atoms with van der Waals surface area (Å²) in [7, 11) is 0. The van der Waals surface area contributed by atoms with Gasteiger partial charge in [0.1, 0.15) is 11.0 Å². The van der Waals surface area contributed by atoms with Gasteiger partial charge in [0.2, 0.25) is 0 Å². The molecule has 1 aromatic carbocycles. The molecule has 0 spiro atoms. The molecule has 0 aliphatic carbocycles. The summed E-state index contributed by atoms with van der Waals surface area (Å²) >= 11 is 9.35. The van der Waals surface area contributed by atoms with E-state index in [-0.39, 0.29) is 5.82 Å². The molecule has 1 heterocycles. The Morgan fingerprint density at radius 1 is 1.24 bits per heavy atom. The van der Waals surface area contributed by atoms with Gasteiger partial charge < -0.3 is 0 Å². The molecule has 0 saturated carbocycles. The third kappa shape index (κ3) is 2.64. The Balaban J connectivity index is 2.52. The second-order valence-corrected chi connectivity index (χ2v) is 4.61. The lowest BCUT2D eigenvalue weighted by atomic mass is 10.2. The fraction of sp³-hybridized carbons (Fsp3) is 0.167. The largest absolute Gasteiger partial charge is 0.232 e. The Hall–Kier alpha value is -1.00. The highest BCUT2D eigenvalue weighted by Gasteiger charge is 2.10. The highest BCUT2D eigenvalue weighted by atomic mass is 79.9. The molecule has 0 saturated heterocycles. The lowest BCUT2D eigenvalue weighted by molar-refractivity contribution is 0.628. The average molecular weight is 316 g/mol. The second-order valence-electron chi connectivity index (χ2n) is 3.46. The molecule has 0 fully saturated rings. The first-order valence-electron chi connectivity index (χ1n) is 5.09. The van der Waals surface area contributed by atoms with Crippen LogP contribution in [0.2, 0.25) is 5.15 Å². The third-order valence-electron chi connectivity index (χ3n) is 2.32. The summed E-state index contributed by atoms with van der Waals surface area (Å²) < 4.78 is 13.5. The van der Waals surface area contributed by atoms with Gasteiger partial charge >= 0.3 is 0 Å². The van der Waals surface area contributed by atoms with Crippen LogP contribution in [0.25, 0.3) is 11.4 Å². The van der Waals surface area contributed by atoms with Crippen molar-refractivity contribution in [3.63, 3.8) is 0 Å². The van der Waals surface area contributed by atoms with Gasteiger partial charge in [0.25, 0.3) is 0 Å². The fourth-order valence-electron chi connectivity index (χ4n) is 1.43. The number of benzene rings is 1. The Morgan fingerprint density at radius 3 is 2.47 bits per heavy atom. The van der Waals surface area contributed by atoms with E-state index >= 15 is 0 Å². The molecular weight excluding hydrogens is 307 g/mol. The minimum atomic E-state index is -0.285. The Morgan fingerprint density at radius 2 is 1.88 bits per heavy atom. The van der Waals surface area contributed by atoms with E-state index in [4.69, 9.17) is 11.6 Å². The number of aromatic nitrogens is 2. The van der Waals surface area contributed by atoms with E-state index in [1.54, 1.807) is 12.1 Å². The lowest BCUT2D eigenvalue weighted by Crippen LogP contribution is -1.97. The molecule has 17 heavy (non-hydrogen) atoms. The van der Waals surface area contributed by atoms with Crippen molar-refractivity contribution >= 4 is 27.5 Å². The molecule has 0 N–H and O–H groups in total. The summed E-state index contributed by atoms with van der Waals surface area (Å²) in [5.74, 6) is 0.225. The van der Waals surface area contributed by atoms with Gasteiger partial charge in [-0.3, -0.25) is 0 Å². The number of aryl methyl sites for hydroxylation is 1. The number of hydrogen-bond acceptors (Lipinski definition) is 2. The maximum Gasteiger partial charge on any atom is 0.161 e. The van der Waals surface area contributed by atoms with Crippen molar-refractivity contribution in [2.45, 2.75) is 13.3 Å². The van der Waals surface area contributed by atoms with Gasteiger partial charge in [0, 0.05) is 5.56 Å². The zero-order valence-electron chi connectivity index (χ0n) is 9.04. The lowest BCUT2D eigenvalue weighted by Gasteiger charge is -2.06. The molecule has 2 aromatic rings. The van der Waals surface area contributed by atoms with E-state index in [0.717, 1.165) is 17.7 Å². The number of nitrogens with zero attached hydrogens (tertiary/aromatic N) is 2. The predicted molar refractivity (Wildman–Crippen MR) is 69.5 cm³/mol. The standard InChI is InChI=1S/C12H9BrClFN2/c1-2-9-10(13)11(14)17-12(16-9)7-3-5-8(15)6-4-7/h3-6H,2H2,1H3. The molecule has 0 bridgehead atoms. The van der Waals surface area contributed by atoms with Crippen LogP contribution in [0.4, 0.5) is 4.39 Å². The van der Waals surface area contributed by atoms with Crippen molar-refractivity contribution in [3.8, 4) is 11.4 Å². The highest BCUT2D eigenvalue weighted by molar-refractivity contribution is 9.10. The van der Waals surface area contributed by atoms with Gasteiger partial charge in [-0.2, -0.15) is 0 Å². The quantitative estimate of drug-likeness (QED) is 0.774. The minimum Gasteiger partial charge on any atom is -0.232 e. The number of halogens is 3. The predicted octanol–water partition coefficient (Wildman–Crippen LogP) is 4.26. The molecular formula is C12H9BrClFN2. The van der Waals surface area contributed by atoms with E-state index < -0.39 is 0 Å². The van der Waals surface area contributed by atoms with Gasteiger partial charge in [-0.05, 0) is 46.6 Å². The molecule has 1 aromatic heterocycles. The Labute approximate surface area is 112 Å². The van der Waals surface area contributed by atoms with E-state index in [2.05, 4.69) is 25.9 Å². The first-order chi connectivity index (χ1) is 8.11. The van der Waals surface area contributed by atoms with Crippen LogP contribution in [0.3, 0.4) is 0 Å². The average Bonchev–Trinajstić information content (AvgIpc) is 2.33. The molecule has 0 radical (unpaired) electrons. The maximum absolute atomic E-state index is 12.8. The second kappa shape index (κ2) is 5.10. The van der Waals surface area contributed by atoms with Crippen molar-refractivity contribution in [3.05, 3.63) is 45.4 Å². The fourth-order valence-corrected chi connectivity index (χ4v) is 2.07. The van der Waals surface area contributed by atoms with Crippen LogP contribution < -0.4 is 0 Å². The van der Waals surface area contributed by atoms with E-state index in [9.17, 15) is 4.39 Å². The van der Waals surface area contributed by atoms with Crippen LogP contribution in [0.5, 0.6) is 0 Å². The smallest absolute Gasteiger partial charge is 0.161 e. The van der Waals surface area contributed by atoms with Crippen LogP contribution in [-0.2, 0) is 6.42 Å². The van der Waals surface area contributed by atoms with Crippen molar-refractivity contribution in [2.75, 3.05) is 0 Å². The van der Waals surface area contributed by atoms with Crippen LogP contribution in [0, 0.1) is 5.82 Å². The van der Waals surface area contributed by atoms with Crippen molar-refractivity contribution < 1.29 is 4.39 Å². The van der Waals surface area contributed by atoms with E-state index in [1.807, 2.05) is 6.92 Å². The van der Waals surface area contributed by atoms with Crippen LogP contribution >= 0.6 is 27.5 Å². The monoisotopic (exact) mass is 314 g/mol. The molecule has 5 heteroatoms. The SMILES string of the molecule is CCc1nc(-c2ccc(F)cc2)nc(Cl)c1Br. The zero-order valence-corrected chi connectivity index (χ0v) is 11.4. The molecule has 0 unspecified atom stereocenters. The minimum absolute atomic E-state index is 0.285. The first-order valence-corrected chi connectivity index (χ1v) is 6.26. The highest BCUT2D eigenvalue weighted by Crippen LogP contribution is 2.27. The Kier molecular flexibility index (Phi) is 3.74. The summed E-state index contributed by atoms with van der Waals surface area (Å²) in [5, 5.41) is 0.371. The normalized spacial score (nSPS) is 10.6. The summed E-state index contributed by atoms with van der Waals surface area (Å²) in [5.41, 5.74) is 1.58. The van der Waals surface area contributed by atoms with Gasteiger partial charge in [-0.25, -0.2) is 14.4 Å². The molecule has 88 valence electrons. The van der Waals surface area contributed by atoms with Gasteiger partial charge in [-0.1, -0.05) is 18.5 Å². The molecule has 0 atom stereocenters. The summed E-state index contributed by atoms with van der Waals surface area (Å²) in [6.07, 6.45) is 0.747. The van der Waals surface area contributed by atoms with Crippen molar-refractivity contribution in [1.29, 1.82) is 0 Å². The summed E-state index contributed by atoms with van der Waals surface area (Å²) in [6, 6.07) is 6.02. The third-order valence-corrected chi connectivity index (χ3v) is 3.65. The molecule has 0 amide bonds. The molecule has 2 nitrogen and oxygen atoms in total. The molecule has 0 aliphatic rings. The van der Waals surface area contributed by atoms with Crippen LogP contribution in [0.15, 0.2) is 28.7 Å². The van der Waals surface area contributed by atoms with Crippen molar-refractivity contribution in [2.24, 2.45) is 0 Å². The molecule has 2 rings (SSSR count). The van der Waals surface area contributed by atoms with Crippen molar-refractivity contribution in [1.82, 2.24) is 9.97 Å². The van der Waals surface area contributed by atoms with Crippen LogP contribution in [-0.4, -0.2) is 9.97 Å². The maximum atomic E-state index is 12.8. The zero-order chi connectivity index (χ0) is 12.4. The van der Waals surface area contributed by atoms with Gasteiger partial charge in [0.15, 0.2) is 5.82 Å². The summed E-state index contributed by atoms with van der Waals surface area (Å²) in [4.78, 5) is 8.55. The van der Waals surface area contributed by atoms with Gasteiger partial charge in [0.05, 0.1) is 10.2 Å². The summed E-state index contributed by atoms with van der Waals surface area (Å²) in [6.45, 7) is 1.98. The van der Waals surface area contributed by atoms with Gasteiger partial charge in [-0.15, -0.1) is 0 Å². The van der Waals surface area contributed by atoms with E-state index in [0.29, 0.717) is 15.5 Å². The Bertz CT molecular complexity index is 543. The first kappa shape index (κ1) is 12.5. The van der Waals surface area contributed by atoms with E-state index in [1.165, 1.54) is 12.1 Å². The molecule has 0 aliphatic heterocycles. The van der Waals surface area contributed by atoms with Crippen LogP contribution in [0.1, 0.15) is 12.6 Å². The number of rotatable bonds is 2. The topological polar surface area (TPSA) is 25.8 Å². The number of hydrogen-bond donors (Lipinski definition) is 0.